The fourth-order valence-corrected chi connectivity index (χ4v) is 3.36. The highest BCUT2D eigenvalue weighted by Gasteiger charge is 2.12. The van der Waals surface area contributed by atoms with Crippen molar-refractivity contribution < 1.29 is 8.42 Å². The van der Waals surface area contributed by atoms with Gasteiger partial charge in [0.2, 0.25) is 10.0 Å². The van der Waals surface area contributed by atoms with E-state index < -0.39 is 10.0 Å². The van der Waals surface area contributed by atoms with Crippen LogP contribution in [0.2, 0.25) is 0 Å². The Morgan fingerprint density at radius 3 is 2.24 bits per heavy atom. The second kappa shape index (κ2) is 9.79. The van der Waals surface area contributed by atoms with Crippen LogP contribution in [0.3, 0.4) is 0 Å². The molecule has 0 saturated heterocycles. The van der Waals surface area contributed by atoms with Gasteiger partial charge in [-0.1, -0.05) is 57.9 Å². The number of rotatable bonds is 11. The summed E-state index contributed by atoms with van der Waals surface area (Å²) in [7, 11) is -3.42. The van der Waals surface area contributed by atoms with Gasteiger partial charge in [-0.15, -0.1) is 0 Å². The monoisotopic (exact) mass is 312 g/mol. The summed E-state index contributed by atoms with van der Waals surface area (Å²) in [4.78, 5) is 0.238. The van der Waals surface area contributed by atoms with E-state index in [4.69, 9.17) is 5.73 Å². The molecule has 0 aromatic heterocycles. The van der Waals surface area contributed by atoms with Gasteiger partial charge < -0.3 is 5.73 Å². The molecule has 0 aliphatic rings. The highest BCUT2D eigenvalue weighted by atomic mass is 32.2. The van der Waals surface area contributed by atoms with Gasteiger partial charge >= 0.3 is 0 Å². The van der Waals surface area contributed by atoms with Crippen molar-refractivity contribution in [2.24, 2.45) is 0 Å². The van der Waals surface area contributed by atoms with Crippen LogP contribution in [-0.4, -0.2) is 15.0 Å². The highest BCUT2D eigenvalue weighted by Crippen LogP contribution is 2.13. The van der Waals surface area contributed by atoms with Crippen LogP contribution in [0, 0.1) is 0 Å². The van der Waals surface area contributed by atoms with E-state index in [-0.39, 0.29) is 4.90 Å². The Morgan fingerprint density at radius 2 is 1.62 bits per heavy atom. The summed E-state index contributed by atoms with van der Waals surface area (Å²) in [6.45, 7) is 2.71. The zero-order valence-corrected chi connectivity index (χ0v) is 13.8. The molecule has 1 aromatic rings. The summed E-state index contributed by atoms with van der Waals surface area (Å²) >= 11 is 0. The van der Waals surface area contributed by atoms with E-state index in [0.717, 1.165) is 12.8 Å². The van der Waals surface area contributed by atoms with Crippen molar-refractivity contribution in [3.8, 4) is 0 Å². The molecule has 21 heavy (non-hydrogen) atoms. The molecule has 1 rings (SSSR count). The van der Waals surface area contributed by atoms with Gasteiger partial charge in [0.15, 0.2) is 0 Å². The lowest BCUT2D eigenvalue weighted by Crippen LogP contribution is -2.24. The SMILES string of the molecule is CCCCCCCCCCNS(=O)(=O)c1cccc(N)c1. The lowest BCUT2D eigenvalue weighted by Gasteiger charge is -2.07. The molecule has 0 radical (unpaired) electrons. The molecule has 0 amide bonds. The first kappa shape index (κ1) is 18.0. The van der Waals surface area contributed by atoms with Crippen molar-refractivity contribution in [3.63, 3.8) is 0 Å². The molecule has 120 valence electrons. The molecule has 5 heteroatoms. The van der Waals surface area contributed by atoms with Crippen molar-refractivity contribution in [2.45, 2.75) is 63.2 Å². The number of nitrogen functional groups attached to an aromatic ring is 1. The van der Waals surface area contributed by atoms with Crippen LogP contribution in [0.4, 0.5) is 5.69 Å². The van der Waals surface area contributed by atoms with Crippen molar-refractivity contribution in [1.29, 1.82) is 0 Å². The topological polar surface area (TPSA) is 72.2 Å². The number of unbranched alkanes of at least 4 members (excludes halogenated alkanes) is 7. The number of sulfonamides is 1. The molecule has 4 nitrogen and oxygen atoms in total. The third-order valence-corrected chi connectivity index (χ3v) is 4.95. The summed E-state index contributed by atoms with van der Waals surface area (Å²) in [6.07, 6.45) is 9.60. The van der Waals surface area contributed by atoms with E-state index >= 15 is 0 Å². The Labute approximate surface area is 129 Å². The molecule has 0 spiro atoms. The molecule has 0 unspecified atom stereocenters. The standard InChI is InChI=1S/C16H28N2O2S/c1-2-3-4-5-6-7-8-9-13-18-21(19,20)16-12-10-11-15(17)14-16/h10-12,14,18H,2-9,13,17H2,1H3. The average Bonchev–Trinajstić information content (AvgIpc) is 2.45. The summed E-state index contributed by atoms with van der Waals surface area (Å²) < 4.78 is 26.7. The maximum atomic E-state index is 12.0. The van der Waals surface area contributed by atoms with Crippen LogP contribution in [0.25, 0.3) is 0 Å². The fraction of sp³-hybridized carbons (Fsp3) is 0.625. The van der Waals surface area contributed by atoms with E-state index in [2.05, 4.69) is 11.6 Å². The molecule has 3 N–H and O–H groups in total. The van der Waals surface area contributed by atoms with Crippen LogP contribution in [0.15, 0.2) is 29.2 Å². The Balaban J connectivity index is 2.17. The minimum Gasteiger partial charge on any atom is -0.399 e. The van der Waals surface area contributed by atoms with Crippen molar-refractivity contribution >= 4 is 15.7 Å². The molecule has 0 bridgehead atoms. The molecule has 0 heterocycles. The number of benzene rings is 1. The van der Waals surface area contributed by atoms with Crippen molar-refractivity contribution in [2.75, 3.05) is 12.3 Å². The highest BCUT2D eigenvalue weighted by molar-refractivity contribution is 7.89. The van der Waals surface area contributed by atoms with E-state index in [1.807, 2.05) is 0 Å². The summed E-state index contributed by atoms with van der Waals surface area (Å²) in [6, 6.07) is 6.38. The fourth-order valence-electron chi connectivity index (χ4n) is 2.23. The average molecular weight is 312 g/mol. The Morgan fingerprint density at radius 1 is 1.00 bits per heavy atom. The van der Waals surface area contributed by atoms with Crippen LogP contribution < -0.4 is 10.5 Å². The first-order valence-electron chi connectivity index (χ1n) is 7.91. The van der Waals surface area contributed by atoms with Gasteiger partial charge in [-0.25, -0.2) is 13.1 Å². The molecule has 0 saturated carbocycles. The first-order chi connectivity index (χ1) is 10.1. The molecule has 0 atom stereocenters. The van der Waals surface area contributed by atoms with Gasteiger partial charge in [0.1, 0.15) is 0 Å². The number of anilines is 1. The third-order valence-electron chi connectivity index (χ3n) is 3.49. The van der Waals surface area contributed by atoms with Gasteiger partial charge in [0, 0.05) is 12.2 Å². The van der Waals surface area contributed by atoms with Gasteiger partial charge in [0.25, 0.3) is 0 Å². The Kier molecular flexibility index (Phi) is 8.38. The minimum atomic E-state index is -3.42. The van der Waals surface area contributed by atoms with E-state index in [1.165, 1.54) is 44.6 Å². The summed E-state index contributed by atoms with van der Waals surface area (Å²) in [5, 5.41) is 0. The number of hydrogen-bond acceptors (Lipinski definition) is 3. The van der Waals surface area contributed by atoms with Gasteiger partial charge in [-0.2, -0.15) is 0 Å². The van der Waals surface area contributed by atoms with Gasteiger partial charge in [0.05, 0.1) is 4.90 Å². The quantitative estimate of drug-likeness (QED) is 0.483. The van der Waals surface area contributed by atoms with E-state index in [0.29, 0.717) is 12.2 Å². The van der Waals surface area contributed by atoms with Crippen LogP contribution in [0.1, 0.15) is 58.3 Å². The Bertz CT molecular complexity index is 501. The van der Waals surface area contributed by atoms with Crippen LogP contribution in [0.5, 0.6) is 0 Å². The molecular weight excluding hydrogens is 284 g/mol. The maximum Gasteiger partial charge on any atom is 0.240 e. The second-order valence-corrected chi connectivity index (χ2v) is 7.21. The number of nitrogens with two attached hydrogens (primary N) is 1. The minimum absolute atomic E-state index is 0.238. The predicted octanol–water partition coefficient (Wildman–Crippen LogP) is 3.69. The molecular formula is C16H28N2O2S. The lowest BCUT2D eigenvalue weighted by atomic mass is 10.1. The lowest BCUT2D eigenvalue weighted by molar-refractivity contribution is 0.559. The number of nitrogens with one attached hydrogen (secondary N) is 1. The van der Waals surface area contributed by atoms with Crippen LogP contribution in [-0.2, 0) is 10.0 Å². The van der Waals surface area contributed by atoms with Crippen molar-refractivity contribution in [3.05, 3.63) is 24.3 Å². The zero-order chi connectivity index (χ0) is 15.6. The molecule has 1 aromatic carbocycles. The maximum absolute atomic E-state index is 12.0. The first-order valence-corrected chi connectivity index (χ1v) is 9.40. The molecule has 0 aliphatic carbocycles. The molecule has 0 aliphatic heterocycles. The zero-order valence-electron chi connectivity index (χ0n) is 13.0. The summed E-state index contributed by atoms with van der Waals surface area (Å²) in [5.41, 5.74) is 6.07. The summed E-state index contributed by atoms with van der Waals surface area (Å²) in [5.74, 6) is 0. The van der Waals surface area contributed by atoms with E-state index in [9.17, 15) is 8.42 Å². The normalized spacial score (nSPS) is 11.7. The third kappa shape index (κ3) is 7.48. The van der Waals surface area contributed by atoms with E-state index in [1.54, 1.807) is 18.2 Å². The second-order valence-electron chi connectivity index (χ2n) is 5.45. The van der Waals surface area contributed by atoms with Crippen molar-refractivity contribution in [1.82, 2.24) is 4.72 Å². The predicted molar refractivity (Wildman–Crippen MR) is 88.7 cm³/mol. The largest absolute Gasteiger partial charge is 0.399 e. The Hall–Kier alpha value is -1.07. The number of hydrogen-bond donors (Lipinski definition) is 2. The molecule has 0 fully saturated rings. The van der Waals surface area contributed by atoms with Gasteiger partial charge in [-0.3, -0.25) is 0 Å². The smallest absolute Gasteiger partial charge is 0.240 e. The van der Waals surface area contributed by atoms with Gasteiger partial charge in [-0.05, 0) is 24.6 Å². The van der Waals surface area contributed by atoms with Crippen LogP contribution >= 0.6 is 0 Å².